The van der Waals surface area contributed by atoms with E-state index < -0.39 is 31.8 Å². The summed E-state index contributed by atoms with van der Waals surface area (Å²) < 4.78 is 12.8. The quantitative estimate of drug-likeness (QED) is 0.0707. The second-order valence-corrected chi connectivity index (χ2v) is 29.4. The van der Waals surface area contributed by atoms with E-state index in [2.05, 4.69) is 172 Å². The molecular weight excluding hydrogens is 1130 g/mol. The second kappa shape index (κ2) is 23.2. The summed E-state index contributed by atoms with van der Waals surface area (Å²) in [7, 11) is -5.01. The van der Waals surface area contributed by atoms with Gasteiger partial charge in [0.15, 0.2) is 0 Å². The Morgan fingerprint density at radius 3 is 0.809 bits per heavy atom. The van der Waals surface area contributed by atoms with Crippen LogP contribution in [0.4, 0.5) is 11.4 Å². The number of ether oxygens (including phenoxy) is 2. The van der Waals surface area contributed by atoms with E-state index in [0.717, 1.165) is 53.6 Å². The summed E-state index contributed by atoms with van der Waals surface area (Å²) in [5.74, 6) is 0.402. The standard InChI is InChI=1S/C79H58N2O6P2/c1-79(2,55-39-43-59(44-40-55)86-61-47-49-71-73(53-61)77(84)80(75(71)82)57-23-21-37-69(51-57)88(63-25-9-3-10-26-63,64-27-11-4-12-28-64)65-29-13-5-14-30-65)56-41-45-60(46-42-56)87-62-48-50-72-74(54-62)78(85)81(76(72)83)58-24-22-38-70(52-58)89(66-31-15-6-16-32-66,67-33-17-7-18-34-67)68-35-19-8-20-36-68/h3-54H,1-2H3/q+2. The number of nitrogens with zero attached hydrogens (tertiary/aromatic N) is 2. The molecule has 8 nitrogen and oxygen atoms in total. The molecule has 89 heavy (non-hydrogen) atoms. The zero-order valence-electron chi connectivity index (χ0n) is 48.8. The molecule has 0 bridgehead atoms. The molecule has 12 aromatic carbocycles. The van der Waals surface area contributed by atoms with E-state index in [9.17, 15) is 19.2 Å². The summed E-state index contributed by atoms with van der Waals surface area (Å²) in [5.41, 5.74) is 3.82. The molecule has 0 atom stereocenters. The minimum absolute atomic E-state index is 0.275. The Kier molecular flexibility index (Phi) is 14.7. The van der Waals surface area contributed by atoms with Crippen molar-refractivity contribution in [3.8, 4) is 23.0 Å². The van der Waals surface area contributed by atoms with E-state index in [4.69, 9.17) is 9.47 Å². The molecule has 10 heteroatoms. The Balaban J connectivity index is 0.665. The molecule has 2 heterocycles. The van der Waals surface area contributed by atoms with Crippen LogP contribution in [0.3, 0.4) is 0 Å². The summed E-state index contributed by atoms with van der Waals surface area (Å²) in [5, 5.41) is 8.99. The van der Waals surface area contributed by atoms with Gasteiger partial charge >= 0.3 is 0 Å². The van der Waals surface area contributed by atoms with Crippen molar-refractivity contribution in [1.82, 2.24) is 0 Å². The van der Waals surface area contributed by atoms with Crippen LogP contribution in [0, 0.1) is 0 Å². The van der Waals surface area contributed by atoms with Gasteiger partial charge in [0.05, 0.1) is 33.6 Å². The third kappa shape index (κ3) is 9.84. The van der Waals surface area contributed by atoms with Crippen molar-refractivity contribution in [1.29, 1.82) is 0 Å². The molecule has 0 aliphatic carbocycles. The van der Waals surface area contributed by atoms with Crippen molar-refractivity contribution in [3.05, 3.63) is 349 Å². The highest BCUT2D eigenvalue weighted by atomic mass is 31.2. The number of carbonyl (C=O) groups is 4. The first kappa shape index (κ1) is 56.2. The number of benzene rings is 12. The number of hydrogen-bond acceptors (Lipinski definition) is 6. The lowest BCUT2D eigenvalue weighted by atomic mass is 9.78. The topological polar surface area (TPSA) is 93.2 Å². The third-order valence-electron chi connectivity index (χ3n) is 17.2. The summed E-state index contributed by atoms with van der Waals surface area (Å²) >= 11 is 0. The normalized spacial score (nSPS) is 13.1. The van der Waals surface area contributed by atoms with Gasteiger partial charge in [0.1, 0.15) is 80.0 Å². The van der Waals surface area contributed by atoms with Crippen LogP contribution in [-0.4, -0.2) is 23.6 Å². The largest absolute Gasteiger partial charge is 0.457 e. The summed E-state index contributed by atoms with van der Waals surface area (Å²) in [6.45, 7) is 4.29. The molecule has 0 saturated carbocycles. The van der Waals surface area contributed by atoms with Crippen LogP contribution in [0.1, 0.15) is 66.4 Å². The van der Waals surface area contributed by atoms with E-state index in [1.54, 1.807) is 36.4 Å². The fraction of sp³-hybridized carbons (Fsp3) is 0.0380. The highest BCUT2D eigenvalue weighted by Gasteiger charge is 2.50. The first-order valence-electron chi connectivity index (χ1n) is 29.5. The lowest BCUT2D eigenvalue weighted by molar-refractivity contribution is 0.0910. The van der Waals surface area contributed by atoms with Gasteiger partial charge in [-0.2, -0.15) is 0 Å². The number of anilines is 2. The Bertz CT molecular complexity index is 4160. The fourth-order valence-electron chi connectivity index (χ4n) is 12.7. The maximum Gasteiger partial charge on any atom is 0.266 e. The Labute approximate surface area is 518 Å². The number of amides is 4. The second-order valence-electron chi connectivity index (χ2n) is 22.6. The van der Waals surface area contributed by atoms with E-state index >= 15 is 0 Å². The monoisotopic (exact) mass is 1190 g/mol. The smallest absolute Gasteiger partial charge is 0.266 e. The van der Waals surface area contributed by atoms with Crippen molar-refractivity contribution < 1.29 is 28.7 Å². The Morgan fingerprint density at radius 1 is 0.258 bits per heavy atom. The first-order valence-corrected chi connectivity index (χ1v) is 33.1. The Hall–Kier alpha value is -10.6. The fourth-order valence-corrected chi connectivity index (χ4v) is 21.3. The van der Waals surface area contributed by atoms with Crippen molar-refractivity contribution in [2.45, 2.75) is 19.3 Å². The molecule has 2 aliphatic rings. The SMILES string of the molecule is CC(C)(c1ccc(Oc2ccc3c(c2)C(=O)N(c2cccc([P+](c4ccccc4)(c4ccccc4)c4ccccc4)c2)C3=O)cc1)c1ccc(Oc2ccc3c(c2)C(=O)N(c2cccc([P+](c4ccccc4)(c4ccccc4)c4ccccc4)c2)C3=O)cc1. The average Bonchev–Trinajstić information content (AvgIpc) is 1.53. The number of fused-ring (bicyclic) bond motifs is 2. The minimum atomic E-state index is -2.51. The van der Waals surface area contributed by atoms with Crippen molar-refractivity contribution in [3.63, 3.8) is 0 Å². The zero-order valence-corrected chi connectivity index (χ0v) is 50.5. The van der Waals surface area contributed by atoms with Gasteiger partial charge in [-0.05, 0) is 169 Å². The molecule has 4 amide bonds. The van der Waals surface area contributed by atoms with E-state index in [1.807, 2.05) is 121 Å². The predicted octanol–water partition coefficient (Wildman–Crippen LogP) is 14.4. The molecule has 0 fully saturated rings. The molecule has 0 saturated heterocycles. The van der Waals surface area contributed by atoms with Crippen LogP contribution >= 0.6 is 14.5 Å². The zero-order chi connectivity index (χ0) is 60.7. The van der Waals surface area contributed by atoms with Gasteiger partial charge in [0.25, 0.3) is 23.6 Å². The number of rotatable bonds is 16. The van der Waals surface area contributed by atoms with Crippen LogP contribution in [0.15, 0.2) is 315 Å². The predicted molar refractivity (Wildman–Crippen MR) is 363 cm³/mol. The lowest BCUT2D eigenvalue weighted by Crippen LogP contribution is -2.39. The van der Waals surface area contributed by atoms with Gasteiger partial charge in [0.2, 0.25) is 0 Å². The molecule has 12 aromatic rings. The van der Waals surface area contributed by atoms with Crippen LogP contribution in [0.5, 0.6) is 23.0 Å². The molecule has 14 rings (SSSR count). The minimum Gasteiger partial charge on any atom is -0.457 e. The lowest BCUT2D eigenvalue weighted by Gasteiger charge is -2.28. The van der Waals surface area contributed by atoms with Gasteiger partial charge in [-0.3, -0.25) is 19.2 Å². The number of carbonyl (C=O) groups excluding carboxylic acids is 4. The highest BCUT2D eigenvalue weighted by Crippen LogP contribution is 2.56. The average molecular weight is 1190 g/mol. The van der Waals surface area contributed by atoms with Gasteiger partial charge in [-0.15, -0.1) is 0 Å². The first-order chi connectivity index (χ1) is 43.5. The Morgan fingerprint density at radius 2 is 0.517 bits per heavy atom. The van der Waals surface area contributed by atoms with Gasteiger partial charge in [0, 0.05) is 17.5 Å². The molecule has 0 N–H and O–H groups in total. The molecule has 0 radical (unpaired) electrons. The van der Waals surface area contributed by atoms with E-state index in [0.29, 0.717) is 45.5 Å². The van der Waals surface area contributed by atoms with Gasteiger partial charge < -0.3 is 9.47 Å². The molecule has 2 aliphatic heterocycles. The third-order valence-corrected chi connectivity index (χ3v) is 25.7. The van der Waals surface area contributed by atoms with Crippen LogP contribution < -0.4 is 61.7 Å². The highest BCUT2D eigenvalue weighted by molar-refractivity contribution is 8.02. The number of hydrogen-bond donors (Lipinski definition) is 0. The molecule has 0 spiro atoms. The van der Waals surface area contributed by atoms with Crippen molar-refractivity contribution in [2.75, 3.05) is 9.80 Å². The van der Waals surface area contributed by atoms with E-state index in [-0.39, 0.29) is 22.9 Å². The summed E-state index contributed by atoms with van der Waals surface area (Å²) in [4.78, 5) is 60.0. The van der Waals surface area contributed by atoms with Crippen LogP contribution in [0.2, 0.25) is 0 Å². The molecular formula is C79H58N2O6P2+2. The summed E-state index contributed by atoms with van der Waals surface area (Å²) in [6.07, 6.45) is 0. The summed E-state index contributed by atoms with van der Waals surface area (Å²) in [6, 6.07) is 105. The van der Waals surface area contributed by atoms with Gasteiger partial charge in [-0.1, -0.05) is 159 Å². The molecule has 0 aromatic heterocycles. The van der Waals surface area contributed by atoms with E-state index in [1.165, 1.54) is 9.80 Å². The molecule has 428 valence electrons. The molecule has 0 unspecified atom stereocenters. The number of imide groups is 2. The van der Waals surface area contributed by atoms with Crippen LogP contribution in [-0.2, 0) is 5.41 Å². The maximum absolute atomic E-state index is 14.5. The van der Waals surface area contributed by atoms with Crippen LogP contribution in [0.25, 0.3) is 0 Å². The van der Waals surface area contributed by atoms with Gasteiger partial charge in [-0.25, -0.2) is 9.80 Å². The van der Waals surface area contributed by atoms with Crippen molar-refractivity contribution >= 4 is 92.0 Å². The van der Waals surface area contributed by atoms with Crippen molar-refractivity contribution in [2.24, 2.45) is 0 Å². The maximum atomic E-state index is 14.5.